The van der Waals surface area contributed by atoms with E-state index < -0.39 is 4.92 Å². The summed E-state index contributed by atoms with van der Waals surface area (Å²) in [5, 5.41) is 16.9. The van der Waals surface area contributed by atoms with Gasteiger partial charge < -0.3 is 15.4 Å². The first-order valence-electron chi connectivity index (χ1n) is 5.18. The minimum absolute atomic E-state index is 0.0177. The lowest BCUT2D eigenvalue weighted by atomic mass is 10.3. The number of hydrogen-bond donors (Lipinski definition) is 1. The molecule has 7 nitrogen and oxygen atoms in total. The summed E-state index contributed by atoms with van der Waals surface area (Å²) in [7, 11) is 0. The third kappa shape index (κ3) is 4.14. The Morgan fingerprint density at radius 2 is 2.41 bits per heavy atom. The number of carbonyl (C=O) groups is 1. The fraction of sp³-hybridized carbons (Fsp3) is 0.556. The second kappa shape index (κ2) is 6.33. The Bertz CT molecular complexity index is 418. The molecule has 0 fully saturated rings. The summed E-state index contributed by atoms with van der Waals surface area (Å²) in [5.41, 5.74) is 0. The molecule has 17 heavy (non-hydrogen) atoms. The van der Waals surface area contributed by atoms with Gasteiger partial charge in [0.25, 0.3) is 0 Å². The van der Waals surface area contributed by atoms with Gasteiger partial charge >= 0.3 is 5.82 Å². The van der Waals surface area contributed by atoms with Gasteiger partial charge in [0.15, 0.2) is 0 Å². The Morgan fingerprint density at radius 3 is 2.94 bits per heavy atom. The summed E-state index contributed by atoms with van der Waals surface area (Å²) in [6, 6.07) is 0. The third-order valence-electron chi connectivity index (χ3n) is 2.03. The molecular weight excluding hydrogens is 292 g/mol. The maximum Gasteiger partial charge on any atom is 0.404 e. The van der Waals surface area contributed by atoms with Gasteiger partial charge in [-0.1, -0.05) is 13.3 Å². The standard InChI is InChI=1S/C9H13BrN4O3/c1-2-3-4-11-8(15)6-13-5-7(10)9(12-13)14(16)17/h5H,2-4,6H2,1H3,(H,11,15). The lowest BCUT2D eigenvalue weighted by molar-refractivity contribution is -0.390. The summed E-state index contributed by atoms with van der Waals surface area (Å²) in [5.74, 6) is -0.491. The molecule has 0 atom stereocenters. The van der Waals surface area contributed by atoms with E-state index in [9.17, 15) is 14.9 Å². The highest BCUT2D eigenvalue weighted by Gasteiger charge is 2.19. The van der Waals surface area contributed by atoms with Crippen molar-refractivity contribution in [1.29, 1.82) is 0 Å². The molecule has 8 heteroatoms. The molecule has 1 heterocycles. The van der Waals surface area contributed by atoms with Crippen molar-refractivity contribution >= 4 is 27.7 Å². The molecule has 1 aromatic rings. The summed E-state index contributed by atoms with van der Waals surface area (Å²) in [4.78, 5) is 21.3. The highest BCUT2D eigenvalue weighted by atomic mass is 79.9. The van der Waals surface area contributed by atoms with Crippen LogP contribution in [0.3, 0.4) is 0 Å². The summed E-state index contributed by atoms with van der Waals surface area (Å²) in [6.07, 6.45) is 3.32. The predicted molar refractivity (Wildman–Crippen MR) is 64.5 cm³/mol. The van der Waals surface area contributed by atoms with Crippen molar-refractivity contribution < 1.29 is 9.72 Å². The van der Waals surface area contributed by atoms with Crippen LogP contribution in [0.15, 0.2) is 10.7 Å². The molecule has 0 saturated carbocycles. The maximum absolute atomic E-state index is 11.4. The summed E-state index contributed by atoms with van der Waals surface area (Å²) in [6.45, 7) is 2.62. The molecule has 0 aromatic carbocycles. The normalized spacial score (nSPS) is 10.2. The minimum atomic E-state index is -0.602. The molecule has 1 amide bonds. The van der Waals surface area contributed by atoms with E-state index in [4.69, 9.17) is 0 Å². The Labute approximate surface area is 106 Å². The average Bonchev–Trinajstić information content (AvgIpc) is 2.60. The number of rotatable bonds is 6. The van der Waals surface area contributed by atoms with Crippen LogP contribution in [0.5, 0.6) is 0 Å². The van der Waals surface area contributed by atoms with Gasteiger partial charge in [0, 0.05) is 6.54 Å². The number of amides is 1. The predicted octanol–water partition coefficient (Wildman–Crippen LogP) is 1.47. The van der Waals surface area contributed by atoms with Gasteiger partial charge in [0.1, 0.15) is 11.0 Å². The van der Waals surface area contributed by atoms with Crippen LogP contribution in [0, 0.1) is 10.1 Å². The van der Waals surface area contributed by atoms with Gasteiger partial charge in [0.05, 0.1) is 11.3 Å². The van der Waals surface area contributed by atoms with E-state index in [1.54, 1.807) is 0 Å². The molecule has 1 rings (SSSR count). The number of unbranched alkanes of at least 4 members (excludes halogenated alkanes) is 1. The Kier molecular flexibility index (Phi) is 5.08. The van der Waals surface area contributed by atoms with Crippen molar-refractivity contribution in [1.82, 2.24) is 15.1 Å². The van der Waals surface area contributed by atoms with Crippen molar-refractivity contribution in [2.24, 2.45) is 0 Å². The van der Waals surface area contributed by atoms with Gasteiger partial charge in [-0.15, -0.1) is 0 Å². The average molecular weight is 305 g/mol. The Balaban J connectivity index is 2.54. The monoisotopic (exact) mass is 304 g/mol. The Morgan fingerprint density at radius 1 is 1.71 bits per heavy atom. The number of nitro groups is 1. The molecule has 0 aliphatic carbocycles. The lowest BCUT2D eigenvalue weighted by Gasteiger charge is -2.01. The van der Waals surface area contributed by atoms with E-state index in [0.717, 1.165) is 12.8 Å². The number of nitrogens with one attached hydrogen (secondary N) is 1. The van der Waals surface area contributed by atoms with Gasteiger partial charge in [-0.3, -0.25) is 4.79 Å². The molecule has 1 aromatic heterocycles. The molecule has 0 aliphatic heterocycles. The van der Waals surface area contributed by atoms with Crippen LogP contribution in [-0.4, -0.2) is 27.2 Å². The van der Waals surface area contributed by atoms with Crippen LogP contribution >= 0.6 is 15.9 Å². The first-order valence-corrected chi connectivity index (χ1v) is 5.98. The van der Waals surface area contributed by atoms with E-state index in [0.29, 0.717) is 6.54 Å². The van der Waals surface area contributed by atoms with Crippen molar-refractivity contribution in [2.75, 3.05) is 6.54 Å². The molecule has 0 spiro atoms. The molecule has 0 radical (unpaired) electrons. The number of carbonyl (C=O) groups excluding carboxylic acids is 1. The number of nitrogens with zero attached hydrogens (tertiary/aromatic N) is 3. The van der Waals surface area contributed by atoms with Crippen molar-refractivity contribution in [2.45, 2.75) is 26.3 Å². The van der Waals surface area contributed by atoms with Gasteiger partial charge in [-0.2, -0.15) is 4.68 Å². The molecule has 0 unspecified atom stereocenters. The van der Waals surface area contributed by atoms with E-state index in [1.807, 2.05) is 6.92 Å². The third-order valence-corrected chi connectivity index (χ3v) is 2.59. The van der Waals surface area contributed by atoms with E-state index >= 15 is 0 Å². The fourth-order valence-corrected chi connectivity index (χ4v) is 1.66. The first-order chi connectivity index (χ1) is 8.04. The zero-order valence-electron chi connectivity index (χ0n) is 9.35. The number of halogens is 1. The molecule has 0 bridgehead atoms. The second-order valence-electron chi connectivity index (χ2n) is 3.46. The maximum atomic E-state index is 11.4. The second-order valence-corrected chi connectivity index (χ2v) is 4.31. The van der Waals surface area contributed by atoms with Gasteiger partial charge in [-0.25, -0.2) is 0 Å². The summed E-state index contributed by atoms with van der Waals surface area (Å²) < 4.78 is 1.51. The first kappa shape index (κ1) is 13.6. The van der Waals surface area contributed by atoms with E-state index in [-0.39, 0.29) is 22.7 Å². The van der Waals surface area contributed by atoms with E-state index in [1.165, 1.54) is 10.9 Å². The van der Waals surface area contributed by atoms with Crippen LogP contribution < -0.4 is 5.32 Å². The zero-order valence-corrected chi connectivity index (χ0v) is 10.9. The smallest absolute Gasteiger partial charge is 0.358 e. The van der Waals surface area contributed by atoms with Crippen LogP contribution in [0.4, 0.5) is 5.82 Å². The van der Waals surface area contributed by atoms with Crippen LogP contribution in [0.25, 0.3) is 0 Å². The largest absolute Gasteiger partial charge is 0.404 e. The van der Waals surface area contributed by atoms with Gasteiger partial charge in [-0.05, 0) is 27.3 Å². The summed E-state index contributed by atoms with van der Waals surface area (Å²) >= 11 is 3.01. The number of aromatic nitrogens is 2. The van der Waals surface area contributed by atoms with Crippen molar-refractivity contribution in [3.63, 3.8) is 0 Å². The lowest BCUT2D eigenvalue weighted by Crippen LogP contribution is -2.28. The topological polar surface area (TPSA) is 90.1 Å². The highest BCUT2D eigenvalue weighted by molar-refractivity contribution is 9.10. The minimum Gasteiger partial charge on any atom is -0.358 e. The van der Waals surface area contributed by atoms with Crippen LogP contribution in [-0.2, 0) is 11.3 Å². The number of hydrogen-bond acceptors (Lipinski definition) is 4. The zero-order chi connectivity index (χ0) is 12.8. The van der Waals surface area contributed by atoms with Crippen LogP contribution in [0.1, 0.15) is 19.8 Å². The quantitative estimate of drug-likeness (QED) is 0.489. The van der Waals surface area contributed by atoms with Crippen LogP contribution in [0.2, 0.25) is 0 Å². The molecule has 0 aliphatic rings. The van der Waals surface area contributed by atoms with E-state index in [2.05, 4.69) is 26.3 Å². The Hall–Kier alpha value is -1.44. The SMILES string of the molecule is CCCCNC(=O)Cn1cc(Br)c([N+](=O)[O-])n1. The molecular formula is C9H13BrN4O3. The molecule has 0 saturated heterocycles. The molecule has 1 N–H and O–H groups in total. The van der Waals surface area contributed by atoms with Crippen molar-refractivity contribution in [3.8, 4) is 0 Å². The van der Waals surface area contributed by atoms with Crippen molar-refractivity contribution in [3.05, 3.63) is 20.8 Å². The highest BCUT2D eigenvalue weighted by Crippen LogP contribution is 2.21. The van der Waals surface area contributed by atoms with Gasteiger partial charge in [0.2, 0.25) is 5.91 Å². The fourth-order valence-electron chi connectivity index (χ4n) is 1.20. The molecule has 94 valence electrons.